The molecular formula is C16H25ClN4S. The number of likely N-dealkylation sites (N-methyl/N-ethyl adjacent to an activating group) is 1. The zero-order chi connectivity index (χ0) is 15.3. The normalized spacial score (nSPS) is 11.5. The monoisotopic (exact) mass is 340 g/mol. The molecule has 0 amide bonds. The lowest BCUT2D eigenvalue weighted by molar-refractivity contribution is 0.228. The first-order valence-corrected chi connectivity index (χ1v) is 7.94. The van der Waals surface area contributed by atoms with Crippen LogP contribution in [0, 0.1) is 0 Å². The van der Waals surface area contributed by atoms with Gasteiger partial charge in [-0.3, -0.25) is 0 Å². The average Bonchev–Trinajstić information content (AvgIpc) is 2.83. The Morgan fingerprint density at radius 1 is 1.27 bits per heavy atom. The Morgan fingerprint density at radius 3 is 2.55 bits per heavy atom. The first kappa shape index (κ1) is 18.9. The highest BCUT2D eigenvalue weighted by molar-refractivity contribution is 7.15. The maximum atomic E-state index is 5.66. The van der Waals surface area contributed by atoms with Gasteiger partial charge in [-0.2, -0.15) is 0 Å². The van der Waals surface area contributed by atoms with Gasteiger partial charge in [0.1, 0.15) is 0 Å². The van der Waals surface area contributed by atoms with Crippen LogP contribution in [0.5, 0.6) is 0 Å². The number of nitrogen functional groups attached to an aromatic ring is 1. The number of benzene rings is 1. The van der Waals surface area contributed by atoms with E-state index >= 15 is 0 Å². The van der Waals surface area contributed by atoms with Gasteiger partial charge >= 0.3 is 0 Å². The van der Waals surface area contributed by atoms with Gasteiger partial charge in [0.15, 0.2) is 5.13 Å². The molecule has 6 heteroatoms. The minimum absolute atomic E-state index is 0. The molecule has 4 nitrogen and oxygen atoms in total. The van der Waals surface area contributed by atoms with Crippen LogP contribution in [0.3, 0.4) is 0 Å². The van der Waals surface area contributed by atoms with E-state index in [9.17, 15) is 0 Å². The summed E-state index contributed by atoms with van der Waals surface area (Å²) >= 11 is 1.54. The summed E-state index contributed by atoms with van der Waals surface area (Å²) in [6.07, 6.45) is 1.84. The number of anilines is 1. The molecule has 22 heavy (non-hydrogen) atoms. The molecule has 0 radical (unpaired) electrons. The zero-order valence-electron chi connectivity index (χ0n) is 13.4. The number of aromatic nitrogens is 1. The highest BCUT2D eigenvalue weighted by Crippen LogP contribution is 2.16. The molecule has 0 bridgehead atoms. The third kappa shape index (κ3) is 6.32. The standard InChI is InChI=1S/C16H24N4S.ClH/c1-16(2,19-10-14-9-18-15(17)21-14)12-20(3)11-13-7-5-4-6-8-13;/h4-9,19H,10-12H2,1-3H3,(H2,17,18);1H. The molecule has 1 aromatic carbocycles. The van der Waals surface area contributed by atoms with Crippen molar-refractivity contribution < 1.29 is 0 Å². The van der Waals surface area contributed by atoms with Gasteiger partial charge in [-0.1, -0.05) is 30.3 Å². The maximum Gasteiger partial charge on any atom is 0.180 e. The fourth-order valence-corrected chi connectivity index (χ4v) is 3.04. The molecule has 0 unspecified atom stereocenters. The summed E-state index contributed by atoms with van der Waals surface area (Å²) in [4.78, 5) is 7.59. The van der Waals surface area contributed by atoms with Crippen molar-refractivity contribution in [2.24, 2.45) is 0 Å². The summed E-state index contributed by atoms with van der Waals surface area (Å²) in [6.45, 7) is 7.18. The van der Waals surface area contributed by atoms with Crippen LogP contribution in [-0.4, -0.2) is 29.0 Å². The Bertz CT molecular complexity index is 556. The minimum Gasteiger partial charge on any atom is -0.375 e. The first-order valence-electron chi connectivity index (χ1n) is 7.12. The molecule has 0 saturated heterocycles. The van der Waals surface area contributed by atoms with Crippen LogP contribution in [0.4, 0.5) is 5.13 Å². The van der Waals surface area contributed by atoms with E-state index in [1.165, 1.54) is 10.4 Å². The number of nitrogens with zero attached hydrogens (tertiary/aromatic N) is 2. The van der Waals surface area contributed by atoms with E-state index in [0.29, 0.717) is 5.13 Å². The second-order valence-corrected chi connectivity index (χ2v) is 7.21. The Hall–Kier alpha value is -1.14. The van der Waals surface area contributed by atoms with Crippen LogP contribution < -0.4 is 11.1 Å². The van der Waals surface area contributed by atoms with Crippen LogP contribution in [-0.2, 0) is 13.1 Å². The lowest BCUT2D eigenvalue weighted by Crippen LogP contribution is -2.47. The highest BCUT2D eigenvalue weighted by atomic mass is 35.5. The second-order valence-electron chi connectivity index (χ2n) is 6.06. The van der Waals surface area contributed by atoms with E-state index in [0.717, 1.165) is 19.6 Å². The van der Waals surface area contributed by atoms with Crippen molar-refractivity contribution in [1.82, 2.24) is 15.2 Å². The molecule has 0 aliphatic heterocycles. The summed E-state index contributed by atoms with van der Waals surface area (Å²) in [6, 6.07) is 10.5. The Kier molecular flexibility index (Phi) is 7.29. The number of nitrogens with two attached hydrogens (primary N) is 1. The third-order valence-electron chi connectivity index (χ3n) is 3.27. The Balaban J connectivity index is 0.00000242. The van der Waals surface area contributed by atoms with Crippen molar-refractivity contribution in [2.45, 2.75) is 32.5 Å². The molecule has 0 fully saturated rings. The molecule has 2 aromatic rings. The van der Waals surface area contributed by atoms with Crippen molar-refractivity contribution in [3.05, 3.63) is 47.0 Å². The van der Waals surface area contributed by atoms with E-state index in [-0.39, 0.29) is 17.9 Å². The van der Waals surface area contributed by atoms with Crippen molar-refractivity contribution in [3.8, 4) is 0 Å². The van der Waals surface area contributed by atoms with Crippen LogP contribution in [0.2, 0.25) is 0 Å². The van der Waals surface area contributed by atoms with Crippen LogP contribution >= 0.6 is 23.7 Å². The topological polar surface area (TPSA) is 54.2 Å². The van der Waals surface area contributed by atoms with Gasteiger partial charge in [0, 0.05) is 36.2 Å². The number of hydrogen-bond donors (Lipinski definition) is 2. The molecule has 0 aliphatic carbocycles. The molecule has 0 atom stereocenters. The predicted molar refractivity (Wildman–Crippen MR) is 97.5 cm³/mol. The fourth-order valence-electron chi connectivity index (χ4n) is 2.41. The minimum atomic E-state index is 0. The number of hydrogen-bond acceptors (Lipinski definition) is 5. The number of thiazole rings is 1. The largest absolute Gasteiger partial charge is 0.375 e. The van der Waals surface area contributed by atoms with Crippen molar-refractivity contribution >= 4 is 28.9 Å². The fraction of sp³-hybridized carbons (Fsp3) is 0.438. The van der Waals surface area contributed by atoms with Gasteiger partial charge in [0.05, 0.1) is 0 Å². The Labute approximate surface area is 143 Å². The molecule has 0 aliphatic rings. The highest BCUT2D eigenvalue weighted by Gasteiger charge is 2.19. The van der Waals surface area contributed by atoms with E-state index in [1.807, 2.05) is 6.20 Å². The number of rotatable bonds is 7. The molecule has 2 rings (SSSR count). The molecule has 122 valence electrons. The molecule has 0 spiro atoms. The van der Waals surface area contributed by atoms with Crippen LogP contribution in [0.15, 0.2) is 36.5 Å². The quantitative estimate of drug-likeness (QED) is 0.813. The lowest BCUT2D eigenvalue weighted by Gasteiger charge is -2.31. The average molecular weight is 341 g/mol. The first-order chi connectivity index (χ1) is 9.94. The van der Waals surface area contributed by atoms with Gasteiger partial charge in [-0.05, 0) is 26.5 Å². The predicted octanol–water partition coefficient (Wildman–Crippen LogP) is 3.15. The van der Waals surface area contributed by atoms with Gasteiger partial charge in [-0.15, -0.1) is 23.7 Å². The van der Waals surface area contributed by atoms with Gasteiger partial charge in [0.2, 0.25) is 0 Å². The molecule has 1 aromatic heterocycles. The van der Waals surface area contributed by atoms with Crippen LogP contribution in [0.25, 0.3) is 0 Å². The van der Waals surface area contributed by atoms with Gasteiger partial charge in [0.25, 0.3) is 0 Å². The molecule has 0 saturated carbocycles. The van der Waals surface area contributed by atoms with Gasteiger partial charge in [-0.25, -0.2) is 4.98 Å². The number of nitrogens with one attached hydrogen (secondary N) is 1. The van der Waals surface area contributed by atoms with Crippen molar-refractivity contribution in [3.63, 3.8) is 0 Å². The van der Waals surface area contributed by atoms with E-state index in [2.05, 4.69) is 66.4 Å². The van der Waals surface area contributed by atoms with Crippen LogP contribution in [0.1, 0.15) is 24.3 Å². The second kappa shape index (κ2) is 8.48. The number of halogens is 1. The Morgan fingerprint density at radius 2 is 1.95 bits per heavy atom. The maximum absolute atomic E-state index is 5.66. The van der Waals surface area contributed by atoms with Crippen molar-refractivity contribution in [2.75, 3.05) is 19.3 Å². The summed E-state index contributed by atoms with van der Waals surface area (Å²) in [7, 11) is 2.15. The molecular weight excluding hydrogens is 316 g/mol. The molecule has 1 heterocycles. The smallest absolute Gasteiger partial charge is 0.180 e. The van der Waals surface area contributed by atoms with E-state index in [4.69, 9.17) is 5.73 Å². The summed E-state index contributed by atoms with van der Waals surface area (Å²) in [5, 5.41) is 4.21. The third-order valence-corrected chi connectivity index (χ3v) is 4.10. The summed E-state index contributed by atoms with van der Waals surface area (Å²) < 4.78 is 0. The van der Waals surface area contributed by atoms with Gasteiger partial charge < -0.3 is 16.0 Å². The van der Waals surface area contributed by atoms with E-state index < -0.39 is 0 Å². The van der Waals surface area contributed by atoms with Crippen molar-refractivity contribution in [1.29, 1.82) is 0 Å². The lowest BCUT2D eigenvalue weighted by atomic mass is 10.0. The zero-order valence-corrected chi connectivity index (χ0v) is 15.0. The summed E-state index contributed by atoms with van der Waals surface area (Å²) in [5.74, 6) is 0. The van der Waals surface area contributed by atoms with E-state index in [1.54, 1.807) is 11.3 Å². The summed E-state index contributed by atoms with van der Waals surface area (Å²) in [5.41, 5.74) is 7.02. The molecule has 3 N–H and O–H groups in total. The SMILES string of the molecule is CN(Cc1ccccc1)CC(C)(C)NCc1cnc(N)s1.Cl.